The average molecular weight is 457 g/mol. The minimum Gasteiger partial charge on any atom is -0.309 e. The molecule has 0 aromatic heterocycles. The fourth-order valence-corrected chi connectivity index (χ4v) is 8.88. The third kappa shape index (κ3) is 3.12. The number of aryl methyl sites for hydroxylation is 2. The molecule has 0 radical (unpaired) electrons. The number of hydrogen-bond acceptors (Lipinski definition) is 1. The van der Waals surface area contributed by atoms with Gasteiger partial charge in [-0.2, -0.15) is 0 Å². The summed E-state index contributed by atoms with van der Waals surface area (Å²) in [6, 6.07) is 39.8. The highest BCUT2D eigenvalue weighted by molar-refractivity contribution is 7.86. The van der Waals surface area contributed by atoms with E-state index in [0.717, 1.165) is 59.4 Å². The molecule has 0 saturated carbocycles. The monoisotopic (exact) mass is 456 g/mol. The first-order valence-electron chi connectivity index (χ1n) is 11.6. The van der Waals surface area contributed by atoms with Gasteiger partial charge < -0.3 is 4.57 Å². The molecule has 0 spiro atoms. The van der Waals surface area contributed by atoms with Gasteiger partial charge in [-0.05, 0) is 63.4 Å². The summed E-state index contributed by atoms with van der Waals surface area (Å²) in [5.41, 5.74) is 2.12. The fourth-order valence-electron chi connectivity index (χ4n) is 5.31. The molecule has 0 amide bonds. The van der Waals surface area contributed by atoms with E-state index in [2.05, 4.69) is 92.7 Å². The maximum Gasteiger partial charge on any atom is 0.172 e. The summed E-state index contributed by atoms with van der Waals surface area (Å²) in [5.74, 6) is 0. The Bertz CT molecular complexity index is 1670. The molecule has 0 aliphatic heterocycles. The lowest BCUT2D eigenvalue weighted by atomic mass is 10.1. The first kappa shape index (κ1) is 20.9. The van der Waals surface area contributed by atoms with Crippen molar-refractivity contribution in [3.8, 4) is 0 Å². The van der Waals surface area contributed by atoms with Crippen LogP contribution in [0.3, 0.4) is 0 Å². The van der Waals surface area contributed by atoms with Crippen molar-refractivity contribution in [1.29, 1.82) is 0 Å². The lowest BCUT2D eigenvalue weighted by molar-refractivity contribution is 0.592. The van der Waals surface area contributed by atoms with E-state index < -0.39 is 7.14 Å². The Morgan fingerprint density at radius 1 is 0.471 bits per heavy atom. The molecule has 0 aliphatic rings. The quantitative estimate of drug-likeness (QED) is 0.254. The molecule has 34 heavy (non-hydrogen) atoms. The van der Waals surface area contributed by atoms with Gasteiger partial charge in [0.25, 0.3) is 0 Å². The molecule has 0 saturated heterocycles. The van der Waals surface area contributed by atoms with E-state index in [9.17, 15) is 0 Å². The summed E-state index contributed by atoms with van der Waals surface area (Å²) in [6.45, 7) is 4.19. The second-order valence-corrected chi connectivity index (χ2v) is 11.7. The van der Waals surface area contributed by atoms with Gasteiger partial charge in [0, 0.05) is 15.9 Å². The van der Waals surface area contributed by atoms with Crippen molar-refractivity contribution in [2.75, 3.05) is 0 Å². The van der Waals surface area contributed by atoms with Crippen molar-refractivity contribution in [3.05, 3.63) is 126 Å². The normalized spacial score (nSPS) is 11.9. The first-order chi connectivity index (χ1) is 16.6. The zero-order chi connectivity index (χ0) is 23.3. The minimum absolute atomic E-state index is 0.880. The summed E-state index contributed by atoms with van der Waals surface area (Å²) in [6.07, 6.45) is 0. The van der Waals surface area contributed by atoms with Gasteiger partial charge in [-0.1, -0.05) is 109 Å². The van der Waals surface area contributed by atoms with Crippen LogP contribution in [0, 0.1) is 13.8 Å². The summed E-state index contributed by atoms with van der Waals surface area (Å²) < 4.78 is 15.9. The van der Waals surface area contributed by atoms with Crippen LogP contribution in [0.15, 0.2) is 115 Å². The molecule has 0 aliphatic carbocycles. The van der Waals surface area contributed by atoms with Crippen molar-refractivity contribution in [1.82, 2.24) is 0 Å². The van der Waals surface area contributed by atoms with Gasteiger partial charge >= 0.3 is 0 Å². The van der Waals surface area contributed by atoms with Gasteiger partial charge in [-0.15, -0.1) is 0 Å². The highest BCUT2D eigenvalue weighted by Gasteiger charge is 2.35. The molecule has 0 fully saturated rings. The topological polar surface area (TPSA) is 17.1 Å². The van der Waals surface area contributed by atoms with Crippen LogP contribution in [0.25, 0.3) is 32.3 Å². The standard InChI is InChI=1S/C32H25OP/c1-22-15-17-25-10-5-7-13-29(25)31(22)34(33,28-20-19-24-9-3-4-12-27(24)21-28)32-23(2)16-18-26-11-6-8-14-30(26)32/h3-21H,1-2H3. The fraction of sp³-hybridized carbons (Fsp3) is 0.0625. The average Bonchev–Trinajstić information content (AvgIpc) is 2.88. The Morgan fingerprint density at radius 2 is 0.912 bits per heavy atom. The number of benzene rings is 6. The molecule has 164 valence electrons. The van der Waals surface area contributed by atoms with Crippen LogP contribution in [0.2, 0.25) is 0 Å². The number of hydrogen-bond donors (Lipinski definition) is 0. The van der Waals surface area contributed by atoms with E-state index >= 15 is 4.57 Å². The van der Waals surface area contributed by atoms with Crippen molar-refractivity contribution < 1.29 is 4.57 Å². The molecule has 0 bridgehead atoms. The van der Waals surface area contributed by atoms with Crippen LogP contribution in [0.5, 0.6) is 0 Å². The SMILES string of the molecule is Cc1ccc2ccccc2c1P(=O)(c1ccc2ccccc2c1)c1c(C)ccc2ccccc12. The van der Waals surface area contributed by atoms with Crippen LogP contribution in [-0.4, -0.2) is 0 Å². The Hall–Kier alpha value is -3.67. The number of rotatable bonds is 3. The summed E-state index contributed by atoms with van der Waals surface area (Å²) in [7, 11) is -3.25. The molecular weight excluding hydrogens is 431 g/mol. The van der Waals surface area contributed by atoms with Gasteiger partial charge in [0.05, 0.1) is 0 Å². The van der Waals surface area contributed by atoms with Crippen LogP contribution in [-0.2, 0) is 4.57 Å². The second kappa shape index (κ2) is 7.97. The maximum atomic E-state index is 15.9. The van der Waals surface area contributed by atoms with E-state index in [1.54, 1.807) is 0 Å². The smallest absolute Gasteiger partial charge is 0.172 e. The second-order valence-electron chi connectivity index (χ2n) is 9.05. The van der Waals surface area contributed by atoms with Gasteiger partial charge in [-0.25, -0.2) is 0 Å². The van der Waals surface area contributed by atoms with Gasteiger partial charge in [0.1, 0.15) is 0 Å². The van der Waals surface area contributed by atoms with E-state index in [1.807, 2.05) is 36.4 Å². The largest absolute Gasteiger partial charge is 0.309 e. The Labute approximate surface area is 200 Å². The molecule has 1 nitrogen and oxygen atoms in total. The van der Waals surface area contributed by atoms with E-state index in [4.69, 9.17) is 0 Å². The zero-order valence-electron chi connectivity index (χ0n) is 19.3. The molecule has 2 heteroatoms. The molecule has 0 unspecified atom stereocenters. The summed E-state index contributed by atoms with van der Waals surface area (Å²) >= 11 is 0. The molecule has 0 heterocycles. The van der Waals surface area contributed by atoms with E-state index in [-0.39, 0.29) is 0 Å². The minimum atomic E-state index is -3.25. The molecule has 0 atom stereocenters. The molecular formula is C32H25OP. The van der Waals surface area contributed by atoms with E-state index in [0.29, 0.717) is 0 Å². The molecule has 0 N–H and O–H groups in total. The van der Waals surface area contributed by atoms with Crippen LogP contribution in [0.1, 0.15) is 11.1 Å². The Morgan fingerprint density at radius 3 is 1.47 bits per heavy atom. The summed E-state index contributed by atoms with van der Waals surface area (Å²) in [5, 5.41) is 9.38. The maximum absolute atomic E-state index is 15.9. The van der Waals surface area contributed by atoms with E-state index in [1.165, 1.54) is 0 Å². The Balaban J connectivity index is 1.82. The highest BCUT2D eigenvalue weighted by atomic mass is 31.2. The highest BCUT2D eigenvalue weighted by Crippen LogP contribution is 2.48. The van der Waals surface area contributed by atoms with Crippen molar-refractivity contribution in [2.45, 2.75) is 13.8 Å². The van der Waals surface area contributed by atoms with Crippen molar-refractivity contribution >= 4 is 55.4 Å². The number of fused-ring (bicyclic) bond motifs is 3. The van der Waals surface area contributed by atoms with Crippen LogP contribution < -0.4 is 15.9 Å². The molecule has 6 aromatic carbocycles. The predicted octanol–water partition coefficient (Wildman–Crippen LogP) is 7.40. The molecule has 6 rings (SSSR count). The third-order valence-electron chi connectivity index (χ3n) is 6.93. The summed E-state index contributed by atoms with van der Waals surface area (Å²) in [4.78, 5) is 0. The third-order valence-corrected chi connectivity index (χ3v) is 10.4. The zero-order valence-corrected chi connectivity index (χ0v) is 20.2. The van der Waals surface area contributed by atoms with Crippen LogP contribution >= 0.6 is 7.14 Å². The lowest BCUT2D eigenvalue weighted by Crippen LogP contribution is -2.29. The van der Waals surface area contributed by atoms with Crippen LogP contribution in [0.4, 0.5) is 0 Å². The van der Waals surface area contributed by atoms with Crippen molar-refractivity contribution in [2.24, 2.45) is 0 Å². The Kier molecular flexibility index (Phi) is 4.90. The first-order valence-corrected chi connectivity index (χ1v) is 13.4. The molecule has 6 aromatic rings. The lowest BCUT2D eigenvalue weighted by Gasteiger charge is -2.26. The van der Waals surface area contributed by atoms with Gasteiger partial charge in [-0.3, -0.25) is 0 Å². The van der Waals surface area contributed by atoms with Gasteiger partial charge in [0.2, 0.25) is 0 Å². The van der Waals surface area contributed by atoms with Gasteiger partial charge in [0.15, 0.2) is 7.14 Å². The van der Waals surface area contributed by atoms with Crippen molar-refractivity contribution in [3.63, 3.8) is 0 Å². The predicted molar refractivity (Wildman–Crippen MR) is 148 cm³/mol.